The molecule has 0 saturated heterocycles. The van der Waals surface area contributed by atoms with Gasteiger partial charge in [-0.15, -0.1) is 0 Å². The molecule has 0 saturated carbocycles. The van der Waals surface area contributed by atoms with Gasteiger partial charge in [0.2, 0.25) is 0 Å². The number of carbonyl (C=O) groups excluding carboxylic acids is 1. The summed E-state index contributed by atoms with van der Waals surface area (Å²) in [6, 6.07) is 25.3. The summed E-state index contributed by atoms with van der Waals surface area (Å²) < 4.78 is 11.3. The highest BCUT2D eigenvalue weighted by Crippen LogP contribution is 2.43. The zero-order chi connectivity index (χ0) is 23.5. The number of carbonyl (C=O) groups is 1. The maximum Gasteiger partial charge on any atom is 0.257 e. The van der Waals surface area contributed by atoms with E-state index in [2.05, 4.69) is 19.6 Å². The molecule has 1 aliphatic heterocycles. The number of ether oxygens (including phenoxy) is 2. The summed E-state index contributed by atoms with van der Waals surface area (Å²) in [7, 11) is -1.13. The van der Waals surface area contributed by atoms with Crippen LogP contribution in [0.15, 0.2) is 78.9 Å². The second kappa shape index (κ2) is 9.51. The van der Waals surface area contributed by atoms with E-state index in [0.717, 1.165) is 11.6 Å². The molecule has 0 aromatic heterocycles. The SMILES string of the molecule is C[Si](C)(C)CCOCOc1ccc(C2(O)c3ccccc3C(=O)N2Cc2ccccc2)cc1. The number of amides is 1. The third-order valence-electron chi connectivity index (χ3n) is 5.91. The lowest BCUT2D eigenvalue weighted by Gasteiger charge is -2.35. The predicted molar refractivity (Wildman–Crippen MR) is 132 cm³/mol. The molecule has 1 N–H and O–H groups in total. The molecule has 0 spiro atoms. The largest absolute Gasteiger partial charge is 0.468 e. The van der Waals surface area contributed by atoms with E-state index >= 15 is 0 Å². The molecule has 1 unspecified atom stereocenters. The average Bonchev–Trinajstić information content (AvgIpc) is 3.02. The van der Waals surface area contributed by atoms with Gasteiger partial charge in [-0.1, -0.05) is 80.3 Å². The number of hydrogen-bond donors (Lipinski definition) is 1. The lowest BCUT2D eigenvalue weighted by Crippen LogP contribution is -2.44. The van der Waals surface area contributed by atoms with Crippen molar-refractivity contribution in [3.05, 3.63) is 101 Å². The summed E-state index contributed by atoms with van der Waals surface area (Å²) in [4.78, 5) is 14.8. The molecule has 0 bridgehead atoms. The Morgan fingerprint density at radius 3 is 2.27 bits per heavy atom. The third kappa shape index (κ3) is 5.03. The average molecular weight is 462 g/mol. The molecule has 1 aliphatic rings. The second-order valence-electron chi connectivity index (χ2n) is 9.60. The first-order chi connectivity index (χ1) is 15.8. The van der Waals surface area contributed by atoms with Crippen molar-refractivity contribution in [2.24, 2.45) is 0 Å². The molecule has 5 nitrogen and oxygen atoms in total. The van der Waals surface area contributed by atoms with Crippen molar-refractivity contribution in [2.45, 2.75) is 38.0 Å². The molecular weight excluding hydrogens is 430 g/mol. The predicted octanol–water partition coefficient (Wildman–Crippen LogP) is 5.23. The van der Waals surface area contributed by atoms with Gasteiger partial charge in [-0.05, 0) is 29.8 Å². The Balaban J connectivity index is 1.54. The molecule has 1 heterocycles. The van der Waals surface area contributed by atoms with Crippen molar-refractivity contribution in [1.82, 2.24) is 4.90 Å². The third-order valence-corrected chi connectivity index (χ3v) is 7.62. The monoisotopic (exact) mass is 461 g/mol. The minimum absolute atomic E-state index is 0.187. The van der Waals surface area contributed by atoms with Gasteiger partial charge >= 0.3 is 0 Å². The first-order valence-corrected chi connectivity index (χ1v) is 15.0. The molecule has 0 aliphatic carbocycles. The van der Waals surface area contributed by atoms with Crippen molar-refractivity contribution < 1.29 is 19.4 Å². The quantitative estimate of drug-likeness (QED) is 0.269. The van der Waals surface area contributed by atoms with Crippen molar-refractivity contribution in [2.75, 3.05) is 13.4 Å². The molecule has 4 rings (SSSR count). The minimum Gasteiger partial charge on any atom is -0.468 e. The van der Waals surface area contributed by atoms with Crippen LogP contribution in [-0.2, 0) is 17.0 Å². The van der Waals surface area contributed by atoms with Crippen LogP contribution in [0.5, 0.6) is 5.75 Å². The summed E-state index contributed by atoms with van der Waals surface area (Å²) >= 11 is 0. The van der Waals surface area contributed by atoms with Crippen molar-refractivity contribution in [3.8, 4) is 5.75 Å². The Hall–Kier alpha value is -2.93. The van der Waals surface area contributed by atoms with Crippen LogP contribution >= 0.6 is 0 Å². The lowest BCUT2D eigenvalue weighted by atomic mass is 9.93. The highest BCUT2D eigenvalue weighted by molar-refractivity contribution is 6.76. The first-order valence-electron chi connectivity index (χ1n) is 11.3. The summed E-state index contributed by atoms with van der Waals surface area (Å²) in [5, 5.41) is 12.0. The van der Waals surface area contributed by atoms with E-state index in [9.17, 15) is 9.90 Å². The van der Waals surface area contributed by atoms with Gasteiger partial charge < -0.3 is 14.6 Å². The molecule has 3 aromatic rings. The second-order valence-corrected chi connectivity index (χ2v) is 15.2. The van der Waals surface area contributed by atoms with Gasteiger partial charge in [0, 0.05) is 37.9 Å². The minimum atomic E-state index is -1.56. The lowest BCUT2D eigenvalue weighted by molar-refractivity contribution is -0.0543. The van der Waals surface area contributed by atoms with E-state index < -0.39 is 13.8 Å². The van der Waals surface area contributed by atoms with E-state index in [0.29, 0.717) is 35.6 Å². The Kier molecular flexibility index (Phi) is 6.70. The maximum atomic E-state index is 13.3. The Labute approximate surface area is 196 Å². The fraction of sp³-hybridized carbons (Fsp3) is 0.296. The highest BCUT2D eigenvalue weighted by Gasteiger charge is 2.49. The summed E-state index contributed by atoms with van der Waals surface area (Å²) in [6.07, 6.45) is 0. The van der Waals surface area contributed by atoms with Crippen LogP contribution in [0.3, 0.4) is 0 Å². The van der Waals surface area contributed by atoms with E-state index in [1.165, 1.54) is 4.90 Å². The molecule has 33 heavy (non-hydrogen) atoms. The van der Waals surface area contributed by atoms with Crippen LogP contribution in [-0.4, -0.2) is 37.4 Å². The van der Waals surface area contributed by atoms with Crippen LogP contribution < -0.4 is 4.74 Å². The van der Waals surface area contributed by atoms with E-state index in [1.807, 2.05) is 60.7 Å². The van der Waals surface area contributed by atoms with E-state index in [-0.39, 0.29) is 12.7 Å². The fourth-order valence-electron chi connectivity index (χ4n) is 4.01. The topological polar surface area (TPSA) is 59.0 Å². The summed E-state index contributed by atoms with van der Waals surface area (Å²) in [5.74, 6) is 0.468. The van der Waals surface area contributed by atoms with Gasteiger partial charge in [0.15, 0.2) is 12.5 Å². The van der Waals surface area contributed by atoms with Gasteiger partial charge in [-0.3, -0.25) is 9.69 Å². The highest BCUT2D eigenvalue weighted by atomic mass is 28.3. The number of benzene rings is 3. The van der Waals surface area contributed by atoms with Crippen LogP contribution in [0.25, 0.3) is 0 Å². The Bertz CT molecular complexity index is 1100. The molecule has 1 amide bonds. The van der Waals surface area contributed by atoms with Crippen LogP contribution in [0.4, 0.5) is 0 Å². The molecule has 0 fully saturated rings. The van der Waals surface area contributed by atoms with Gasteiger partial charge in [0.1, 0.15) is 5.75 Å². The number of nitrogens with zero attached hydrogens (tertiary/aromatic N) is 1. The van der Waals surface area contributed by atoms with Crippen molar-refractivity contribution in [3.63, 3.8) is 0 Å². The zero-order valence-corrected chi connectivity index (χ0v) is 20.5. The number of aliphatic hydroxyl groups is 1. The van der Waals surface area contributed by atoms with Gasteiger partial charge in [-0.2, -0.15) is 0 Å². The van der Waals surface area contributed by atoms with Crippen molar-refractivity contribution in [1.29, 1.82) is 0 Å². The molecule has 6 heteroatoms. The first kappa shape index (κ1) is 23.2. The smallest absolute Gasteiger partial charge is 0.257 e. The Morgan fingerprint density at radius 1 is 0.909 bits per heavy atom. The molecule has 172 valence electrons. The summed E-state index contributed by atoms with van der Waals surface area (Å²) in [6.45, 7) is 8.12. The number of fused-ring (bicyclic) bond motifs is 1. The van der Waals surface area contributed by atoms with E-state index in [4.69, 9.17) is 9.47 Å². The maximum absolute atomic E-state index is 13.3. The zero-order valence-electron chi connectivity index (χ0n) is 19.5. The van der Waals surface area contributed by atoms with Gasteiger partial charge in [0.25, 0.3) is 5.91 Å². The molecular formula is C27H31NO4Si. The van der Waals surface area contributed by atoms with Crippen LogP contribution in [0, 0.1) is 0 Å². The molecule has 1 atom stereocenters. The van der Waals surface area contributed by atoms with Crippen LogP contribution in [0.2, 0.25) is 25.7 Å². The summed E-state index contributed by atoms with van der Waals surface area (Å²) in [5.41, 5.74) is 1.12. The number of hydrogen-bond acceptors (Lipinski definition) is 4. The normalized spacial score (nSPS) is 17.8. The van der Waals surface area contributed by atoms with Crippen LogP contribution in [0.1, 0.15) is 27.0 Å². The fourth-order valence-corrected chi connectivity index (χ4v) is 4.76. The van der Waals surface area contributed by atoms with Gasteiger partial charge in [-0.25, -0.2) is 0 Å². The van der Waals surface area contributed by atoms with E-state index in [1.54, 1.807) is 18.2 Å². The Morgan fingerprint density at radius 2 is 1.58 bits per heavy atom. The van der Waals surface area contributed by atoms with Gasteiger partial charge in [0.05, 0.1) is 0 Å². The standard InChI is InChI=1S/C27H31NO4Si/c1-33(2,3)18-17-31-20-32-23-15-13-22(14-16-23)27(30)25-12-8-7-11-24(25)26(29)28(27)19-21-9-5-4-6-10-21/h4-16,30H,17-20H2,1-3H3. The number of rotatable bonds is 9. The van der Waals surface area contributed by atoms with Crippen molar-refractivity contribution >= 4 is 14.0 Å². The molecule has 3 aromatic carbocycles. The molecule has 0 radical (unpaired) electrons.